The van der Waals surface area contributed by atoms with Crippen molar-refractivity contribution >= 4 is 47.2 Å². The molecular weight excluding hydrogens is 535 g/mol. The molecule has 2 aromatic heterocycles. The summed E-state index contributed by atoms with van der Waals surface area (Å²) >= 11 is 6.57. The Bertz CT molecular complexity index is 1430. The van der Waals surface area contributed by atoms with Crippen LogP contribution < -0.4 is 10.6 Å². The lowest BCUT2D eigenvalue weighted by atomic mass is 10.1. The summed E-state index contributed by atoms with van der Waals surface area (Å²) in [5.74, 6) is 0.204. The van der Waals surface area contributed by atoms with E-state index in [9.17, 15) is 4.79 Å². The van der Waals surface area contributed by atoms with Crippen molar-refractivity contribution in [3.8, 4) is 11.3 Å². The van der Waals surface area contributed by atoms with E-state index in [-0.39, 0.29) is 18.3 Å². The first-order valence-electron chi connectivity index (χ1n) is 12.4. The van der Waals surface area contributed by atoms with Gasteiger partial charge >= 0.3 is 0 Å². The van der Waals surface area contributed by atoms with Gasteiger partial charge in [-0.05, 0) is 55.4 Å². The minimum Gasteiger partial charge on any atom is -0.324 e. The highest BCUT2D eigenvalue weighted by atomic mass is 35.5. The van der Waals surface area contributed by atoms with Crippen molar-refractivity contribution in [1.82, 2.24) is 29.7 Å². The second-order valence-electron chi connectivity index (χ2n) is 9.39. The number of nitrogens with one attached hydrogen (secondary N) is 2. The van der Waals surface area contributed by atoms with Gasteiger partial charge in [0.05, 0.1) is 5.69 Å². The zero-order valence-corrected chi connectivity index (χ0v) is 23.3. The topological polar surface area (TPSA) is 99.2 Å². The number of hydrogen-bond donors (Lipinski definition) is 2. The summed E-state index contributed by atoms with van der Waals surface area (Å²) in [7, 11) is 2.14. The number of halogens is 2. The molecule has 3 heterocycles. The molecule has 2 aromatic carbocycles. The third-order valence-electron chi connectivity index (χ3n) is 6.56. The van der Waals surface area contributed by atoms with Crippen LogP contribution in [0.1, 0.15) is 21.5 Å². The third kappa shape index (κ3) is 7.27. The first-order chi connectivity index (χ1) is 18.4. The van der Waals surface area contributed by atoms with Gasteiger partial charge in [-0.15, -0.1) is 12.4 Å². The van der Waals surface area contributed by atoms with Gasteiger partial charge in [0.25, 0.3) is 5.91 Å². The van der Waals surface area contributed by atoms with E-state index in [2.05, 4.69) is 47.4 Å². The zero-order chi connectivity index (χ0) is 26.5. The van der Waals surface area contributed by atoms with Gasteiger partial charge in [-0.1, -0.05) is 23.7 Å². The molecule has 1 amide bonds. The van der Waals surface area contributed by atoms with Crippen LogP contribution >= 0.6 is 24.0 Å². The number of hydrogen-bond acceptors (Lipinski definition) is 8. The van der Waals surface area contributed by atoms with E-state index in [0.29, 0.717) is 27.9 Å². The molecule has 1 saturated heterocycles. The molecular formula is C28H30Cl2N8O. The Morgan fingerprint density at radius 2 is 1.79 bits per heavy atom. The third-order valence-corrected chi connectivity index (χ3v) is 6.91. The maximum atomic E-state index is 13.0. The van der Waals surface area contributed by atoms with E-state index in [1.54, 1.807) is 30.7 Å². The molecule has 0 saturated carbocycles. The van der Waals surface area contributed by atoms with Crippen molar-refractivity contribution in [2.45, 2.75) is 13.5 Å². The van der Waals surface area contributed by atoms with Crippen molar-refractivity contribution in [1.29, 1.82) is 0 Å². The van der Waals surface area contributed by atoms with Crippen molar-refractivity contribution < 1.29 is 4.79 Å². The first-order valence-corrected chi connectivity index (χ1v) is 12.8. The largest absolute Gasteiger partial charge is 0.324 e. The SMILES string of the molecule is Cc1ccc(NC(=O)c2ccc(CN3CCN(C)CC3)c(Cl)c2)cc1Nc1nccc(-c2cncnc2)n1.Cl. The fraction of sp³-hybridized carbons (Fsp3) is 0.250. The van der Waals surface area contributed by atoms with E-state index in [4.69, 9.17) is 11.6 Å². The Morgan fingerprint density at radius 1 is 1.03 bits per heavy atom. The van der Waals surface area contributed by atoms with Gasteiger partial charge in [-0.25, -0.2) is 19.9 Å². The fourth-order valence-electron chi connectivity index (χ4n) is 4.23. The predicted octanol–water partition coefficient (Wildman–Crippen LogP) is 5.06. The van der Waals surface area contributed by atoms with Gasteiger partial charge in [-0.2, -0.15) is 0 Å². The standard InChI is InChI=1S/C28H29ClN8O.ClH/c1-19-3-6-23(14-26(19)35-28-32-8-7-25(34-28)22-15-30-18-31-16-22)33-27(38)20-4-5-21(24(29)13-20)17-37-11-9-36(2)10-12-37;/h3-8,13-16,18H,9-12,17H2,1-2H3,(H,33,38)(H,32,34,35);1H. The molecule has 9 nitrogen and oxygen atoms in total. The van der Waals surface area contributed by atoms with Gasteiger partial charge in [0.1, 0.15) is 6.33 Å². The molecule has 39 heavy (non-hydrogen) atoms. The molecule has 0 radical (unpaired) electrons. The van der Waals surface area contributed by atoms with Crippen LogP contribution in [-0.2, 0) is 6.54 Å². The Kier molecular flexibility index (Phi) is 9.42. The number of anilines is 3. The average Bonchev–Trinajstić information content (AvgIpc) is 2.93. The lowest BCUT2D eigenvalue weighted by Crippen LogP contribution is -2.43. The minimum atomic E-state index is -0.227. The minimum absolute atomic E-state index is 0. The molecule has 5 rings (SSSR count). The number of carbonyl (C=O) groups excluding carboxylic acids is 1. The van der Waals surface area contributed by atoms with Gasteiger partial charge in [0, 0.05) is 78.8 Å². The lowest BCUT2D eigenvalue weighted by Gasteiger charge is -2.32. The maximum Gasteiger partial charge on any atom is 0.255 e. The molecule has 0 bridgehead atoms. The van der Waals surface area contributed by atoms with Crippen molar-refractivity contribution in [2.75, 3.05) is 43.9 Å². The van der Waals surface area contributed by atoms with E-state index in [0.717, 1.165) is 55.1 Å². The number of rotatable bonds is 7. The number of benzene rings is 2. The Balaban J connectivity index is 0.00000353. The van der Waals surface area contributed by atoms with Crippen molar-refractivity contribution in [2.24, 2.45) is 0 Å². The number of piperazine rings is 1. The highest BCUT2D eigenvalue weighted by molar-refractivity contribution is 6.31. The quantitative estimate of drug-likeness (QED) is 0.321. The van der Waals surface area contributed by atoms with Gasteiger partial charge in [0.2, 0.25) is 5.95 Å². The average molecular weight is 566 g/mol. The van der Waals surface area contributed by atoms with Gasteiger partial charge in [-0.3, -0.25) is 9.69 Å². The van der Waals surface area contributed by atoms with Crippen molar-refractivity contribution in [3.63, 3.8) is 0 Å². The maximum absolute atomic E-state index is 13.0. The van der Waals surface area contributed by atoms with E-state index in [1.165, 1.54) is 6.33 Å². The highest BCUT2D eigenvalue weighted by Crippen LogP contribution is 2.25. The Hall–Kier alpha value is -3.63. The summed E-state index contributed by atoms with van der Waals surface area (Å²) in [6.07, 6.45) is 6.55. The molecule has 4 aromatic rings. The molecule has 0 atom stereocenters. The van der Waals surface area contributed by atoms with Gasteiger partial charge in [0.15, 0.2) is 0 Å². The van der Waals surface area contributed by atoms with E-state index < -0.39 is 0 Å². The molecule has 11 heteroatoms. The zero-order valence-electron chi connectivity index (χ0n) is 21.8. The molecule has 1 aliphatic heterocycles. The second kappa shape index (κ2) is 12.9. The van der Waals surface area contributed by atoms with Crippen LogP contribution in [0.5, 0.6) is 0 Å². The lowest BCUT2D eigenvalue weighted by molar-refractivity contribution is 0.102. The fourth-order valence-corrected chi connectivity index (χ4v) is 4.47. The molecule has 202 valence electrons. The molecule has 0 aliphatic carbocycles. The van der Waals surface area contributed by atoms with Crippen LogP contribution in [0.3, 0.4) is 0 Å². The number of likely N-dealkylation sites (N-methyl/N-ethyl adjacent to an activating group) is 1. The van der Waals surface area contributed by atoms with Gasteiger partial charge < -0.3 is 15.5 Å². The van der Waals surface area contributed by atoms with Crippen LogP contribution in [-0.4, -0.2) is 68.9 Å². The second-order valence-corrected chi connectivity index (χ2v) is 9.79. The smallest absolute Gasteiger partial charge is 0.255 e. The van der Waals surface area contributed by atoms with Crippen LogP contribution in [0.2, 0.25) is 5.02 Å². The summed E-state index contributed by atoms with van der Waals surface area (Å²) in [6.45, 7) is 6.86. The number of amides is 1. The number of aryl methyl sites for hydroxylation is 1. The summed E-state index contributed by atoms with van der Waals surface area (Å²) in [5, 5.41) is 6.82. The summed E-state index contributed by atoms with van der Waals surface area (Å²) in [6, 6.07) is 13.0. The molecule has 1 fully saturated rings. The first kappa shape index (κ1) is 28.4. The van der Waals surface area contributed by atoms with Crippen LogP contribution in [0.15, 0.2) is 67.4 Å². The van der Waals surface area contributed by atoms with Crippen LogP contribution in [0.4, 0.5) is 17.3 Å². The van der Waals surface area contributed by atoms with Crippen LogP contribution in [0.25, 0.3) is 11.3 Å². The highest BCUT2D eigenvalue weighted by Gasteiger charge is 2.16. The number of carbonyl (C=O) groups is 1. The monoisotopic (exact) mass is 564 g/mol. The molecule has 2 N–H and O–H groups in total. The predicted molar refractivity (Wildman–Crippen MR) is 157 cm³/mol. The van der Waals surface area contributed by atoms with E-state index >= 15 is 0 Å². The molecule has 0 unspecified atom stereocenters. The number of nitrogens with zero attached hydrogens (tertiary/aromatic N) is 6. The summed E-state index contributed by atoms with van der Waals surface area (Å²) in [4.78, 5) is 34.7. The normalized spacial score (nSPS) is 13.9. The summed E-state index contributed by atoms with van der Waals surface area (Å²) < 4.78 is 0. The van der Waals surface area contributed by atoms with Crippen LogP contribution in [0, 0.1) is 6.92 Å². The van der Waals surface area contributed by atoms with E-state index in [1.807, 2.05) is 37.3 Å². The van der Waals surface area contributed by atoms with Crippen molar-refractivity contribution in [3.05, 3.63) is 89.1 Å². The summed E-state index contributed by atoms with van der Waals surface area (Å²) in [5.41, 5.74) is 5.45. The Labute approximate surface area is 239 Å². The molecule has 1 aliphatic rings. The molecule has 0 spiro atoms. The Morgan fingerprint density at radius 3 is 2.54 bits per heavy atom. The number of aromatic nitrogens is 4.